The Balaban J connectivity index is 1.97. The monoisotopic (exact) mass is 247 g/mol. The quantitative estimate of drug-likeness (QED) is 0.888. The van der Waals surface area contributed by atoms with E-state index >= 15 is 0 Å². The largest absolute Gasteiger partial charge is 0.366 e. The molecular weight excluding hydrogens is 230 g/mol. The SMILES string of the molecule is CCS[C@@H]1CCC[C@H]1Nc1ccc(C#N)cn1. The van der Waals surface area contributed by atoms with E-state index < -0.39 is 0 Å². The van der Waals surface area contributed by atoms with Crippen molar-refractivity contribution >= 4 is 17.6 Å². The molecule has 0 amide bonds. The molecule has 1 aliphatic rings. The molecular formula is C13H17N3S. The molecule has 90 valence electrons. The summed E-state index contributed by atoms with van der Waals surface area (Å²) in [7, 11) is 0. The Bertz CT molecular complexity index is 396. The molecule has 17 heavy (non-hydrogen) atoms. The van der Waals surface area contributed by atoms with Gasteiger partial charge < -0.3 is 5.32 Å². The lowest BCUT2D eigenvalue weighted by molar-refractivity contribution is 0.762. The Labute approximate surface area is 107 Å². The number of thioether (sulfide) groups is 1. The highest BCUT2D eigenvalue weighted by molar-refractivity contribution is 7.99. The predicted molar refractivity (Wildman–Crippen MR) is 72.1 cm³/mol. The number of aromatic nitrogens is 1. The van der Waals surface area contributed by atoms with Crippen LogP contribution in [0, 0.1) is 11.3 Å². The van der Waals surface area contributed by atoms with Crippen LogP contribution in [0.5, 0.6) is 0 Å². The van der Waals surface area contributed by atoms with Crippen molar-refractivity contribution in [2.45, 2.75) is 37.5 Å². The minimum Gasteiger partial charge on any atom is -0.366 e. The standard InChI is InChI=1S/C13H17N3S/c1-2-17-12-5-3-4-11(12)16-13-7-6-10(8-14)9-15-13/h6-7,9,11-12H,2-5H2,1H3,(H,15,16)/t11-,12-/m1/s1. The third-order valence-electron chi connectivity index (χ3n) is 3.06. The molecule has 0 bridgehead atoms. The van der Waals surface area contributed by atoms with Gasteiger partial charge in [-0.05, 0) is 30.7 Å². The van der Waals surface area contributed by atoms with Crippen molar-refractivity contribution in [1.82, 2.24) is 4.98 Å². The summed E-state index contributed by atoms with van der Waals surface area (Å²) < 4.78 is 0. The van der Waals surface area contributed by atoms with E-state index in [1.165, 1.54) is 25.0 Å². The summed E-state index contributed by atoms with van der Waals surface area (Å²) in [5, 5.41) is 12.9. The van der Waals surface area contributed by atoms with Gasteiger partial charge in [-0.2, -0.15) is 17.0 Å². The van der Waals surface area contributed by atoms with Crippen LogP contribution in [0.2, 0.25) is 0 Å². The van der Waals surface area contributed by atoms with Crippen LogP contribution >= 0.6 is 11.8 Å². The van der Waals surface area contributed by atoms with Gasteiger partial charge in [-0.25, -0.2) is 4.98 Å². The molecule has 0 radical (unpaired) electrons. The summed E-state index contributed by atoms with van der Waals surface area (Å²) in [6.45, 7) is 2.21. The molecule has 0 saturated heterocycles. The van der Waals surface area contributed by atoms with Gasteiger partial charge in [0.2, 0.25) is 0 Å². The van der Waals surface area contributed by atoms with Gasteiger partial charge in [0.1, 0.15) is 11.9 Å². The number of nitrogens with zero attached hydrogens (tertiary/aromatic N) is 2. The molecule has 1 aliphatic carbocycles. The van der Waals surface area contributed by atoms with Crippen LogP contribution in [0.15, 0.2) is 18.3 Å². The van der Waals surface area contributed by atoms with Crippen LogP contribution in [0.3, 0.4) is 0 Å². The van der Waals surface area contributed by atoms with E-state index in [9.17, 15) is 0 Å². The average Bonchev–Trinajstić information content (AvgIpc) is 2.78. The molecule has 1 fully saturated rings. The van der Waals surface area contributed by atoms with Crippen molar-refractivity contribution in [3.8, 4) is 6.07 Å². The lowest BCUT2D eigenvalue weighted by Crippen LogP contribution is -2.26. The fraction of sp³-hybridized carbons (Fsp3) is 0.538. The van der Waals surface area contributed by atoms with Crippen LogP contribution in [0.1, 0.15) is 31.7 Å². The number of hydrogen-bond donors (Lipinski definition) is 1. The van der Waals surface area contributed by atoms with Crippen molar-refractivity contribution in [3.05, 3.63) is 23.9 Å². The summed E-state index contributed by atoms with van der Waals surface area (Å²) in [4.78, 5) is 4.26. The molecule has 2 rings (SSSR count). The Kier molecular flexibility index (Phi) is 4.27. The van der Waals surface area contributed by atoms with E-state index in [0.717, 1.165) is 5.82 Å². The third kappa shape index (κ3) is 3.13. The summed E-state index contributed by atoms with van der Waals surface area (Å²) in [6, 6.07) is 6.32. The van der Waals surface area contributed by atoms with Gasteiger partial charge in [0.15, 0.2) is 0 Å². The van der Waals surface area contributed by atoms with Gasteiger partial charge in [-0.1, -0.05) is 13.3 Å². The summed E-state index contributed by atoms with van der Waals surface area (Å²) >= 11 is 2.03. The van der Waals surface area contributed by atoms with E-state index in [0.29, 0.717) is 16.9 Å². The van der Waals surface area contributed by atoms with Gasteiger partial charge in [-0.15, -0.1) is 0 Å². The maximum atomic E-state index is 8.71. The molecule has 1 saturated carbocycles. The molecule has 4 heteroatoms. The lowest BCUT2D eigenvalue weighted by Gasteiger charge is -2.20. The van der Waals surface area contributed by atoms with Crippen molar-refractivity contribution in [2.24, 2.45) is 0 Å². The molecule has 2 atom stereocenters. The third-order valence-corrected chi connectivity index (χ3v) is 4.38. The van der Waals surface area contributed by atoms with Gasteiger partial charge in [-0.3, -0.25) is 0 Å². The van der Waals surface area contributed by atoms with Crippen molar-refractivity contribution in [2.75, 3.05) is 11.1 Å². The highest BCUT2D eigenvalue weighted by Crippen LogP contribution is 2.31. The van der Waals surface area contributed by atoms with E-state index in [1.54, 1.807) is 6.20 Å². The molecule has 1 heterocycles. The van der Waals surface area contributed by atoms with Crippen molar-refractivity contribution in [1.29, 1.82) is 5.26 Å². The first-order valence-electron chi connectivity index (χ1n) is 6.07. The topological polar surface area (TPSA) is 48.7 Å². The first kappa shape index (κ1) is 12.3. The second-order valence-corrected chi connectivity index (χ2v) is 5.74. The molecule has 0 unspecified atom stereocenters. The second-order valence-electron chi connectivity index (χ2n) is 4.22. The predicted octanol–water partition coefficient (Wildman–Crippen LogP) is 3.04. The first-order valence-corrected chi connectivity index (χ1v) is 7.12. The van der Waals surface area contributed by atoms with Crippen LogP contribution < -0.4 is 5.32 Å². The van der Waals surface area contributed by atoms with E-state index in [2.05, 4.69) is 23.3 Å². The van der Waals surface area contributed by atoms with Gasteiger partial charge in [0.05, 0.1) is 5.56 Å². The minimum atomic E-state index is 0.528. The summed E-state index contributed by atoms with van der Waals surface area (Å²) in [6.07, 6.45) is 5.44. The molecule has 1 aromatic rings. The number of nitriles is 1. The number of hydrogen-bond acceptors (Lipinski definition) is 4. The van der Waals surface area contributed by atoms with Crippen molar-refractivity contribution < 1.29 is 0 Å². The zero-order chi connectivity index (χ0) is 12.1. The van der Waals surface area contributed by atoms with Gasteiger partial charge in [0, 0.05) is 17.5 Å². The first-order chi connectivity index (χ1) is 8.33. The van der Waals surface area contributed by atoms with Crippen LogP contribution in [-0.2, 0) is 0 Å². The van der Waals surface area contributed by atoms with Crippen LogP contribution in [-0.4, -0.2) is 22.0 Å². The highest BCUT2D eigenvalue weighted by atomic mass is 32.2. The number of nitrogens with one attached hydrogen (secondary N) is 1. The molecule has 0 spiro atoms. The maximum absolute atomic E-state index is 8.71. The Morgan fingerprint density at radius 2 is 2.41 bits per heavy atom. The Morgan fingerprint density at radius 3 is 3.06 bits per heavy atom. The maximum Gasteiger partial charge on any atom is 0.126 e. The fourth-order valence-electron chi connectivity index (χ4n) is 2.24. The Morgan fingerprint density at radius 1 is 1.53 bits per heavy atom. The molecule has 1 aromatic heterocycles. The fourth-order valence-corrected chi connectivity index (χ4v) is 3.44. The zero-order valence-electron chi connectivity index (χ0n) is 10.0. The summed E-state index contributed by atoms with van der Waals surface area (Å²) in [5.74, 6) is 2.06. The van der Waals surface area contributed by atoms with Gasteiger partial charge in [0.25, 0.3) is 0 Å². The number of rotatable bonds is 4. The highest BCUT2D eigenvalue weighted by Gasteiger charge is 2.27. The van der Waals surface area contributed by atoms with Crippen LogP contribution in [0.25, 0.3) is 0 Å². The molecule has 3 nitrogen and oxygen atoms in total. The molecule has 0 aliphatic heterocycles. The lowest BCUT2D eigenvalue weighted by atomic mass is 10.2. The minimum absolute atomic E-state index is 0.528. The summed E-state index contributed by atoms with van der Waals surface area (Å²) in [5.41, 5.74) is 0.612. The zero-order valence-corrected chi connectivity index (χ0v) is 10.8. The molecule has 1 N–H and O–H groups in total. The normalized spacial score (nSPS) is 23.3. The second kappa shape index (κ2) is 5.92. The Hall–Kier alpha value is -1.21. The van der Waals surface area contributed by atoms with Crippen molar-refractivity contribution in [3.63, 3.8) is 0 Å². The van der Waals surface area contributed by atoms with Gasteiger partial charge >= 0.3 is 0 Å². The van der Waals surface area contributed by atoms with E-state index in [-0.39, 0.29) is 0 Å². The smallest absolute Gasteiger partial charge is 0.126 e. The van der Waals surface area contributed by atoms with E-state index in [1.807, 2.05) is 23.9 Å². The van der Waals surface area contributed by atoms with E-state index in [4.69, 9.17) is 5.26 Å². The molecule has 0 aromatic carbocycles. The number of anilines is 1. The number of pyridine rings is 1. The van der Waals surface area contributed by atoms with Crippen LogP contribution in [0.4, 0.5) is 5.82 Å². The average molecular weight is 247 g/mol.